The van der Waals surface area contributed by atoms with Crippen molar-refractivity contribution < 1.29 is 4.79 Å². The average Bonchev–Trinajstić information content (AvgIpc) is 2.71. The van der Waals surface area contributed by atoms with Gasteiger partial charge in [-0.3, -0.25) is 9.48 Å². The molecular formula is C14H15ClN2O. The Kier molecular flexibility index (Phi) is 3.82. The van der Waals surface area contributed by atoms with Crippen molar-refractivity contribution in [2.45, 2.75) is 20.4 Å². The molecule has 0 radical (unpaired) electrons. The molecule has 0 aliphatic carbocycles. The molecule has 1 heterocycles. The van der Waals surface area contributed by atoms with Crippen molar-refractivity contribution in [3.8, 4) is 11.3 Å². The Morgan fingerprint density at radius 3 is 2.83 bits per heavy atom. The summed E-state index contributed by atoms with van der Waals surface area (Å²) >= 11 is 5.96. The van der Waals surface area contributed by atoms with Gasteiger partial charge in [0.1, 0.15) is 5.69 Å². The molecule has 94 valence electrons. The van der Waals surface area contributed by atoms with E-state index in [0.29, 0.717) is 22.2 Å². The molecule has 0 amide bonds. The normalized spacial score (nSPS) is 10.9. The van der Waals surface area contributed by atoms with E-state index in [0.717, 1.165) is 18.4 Å². The fourth-order valence-corrected chi connectivity index (χ4v) is 2.04. The number of halogens is 1. The summed E-state index contributed by atoms with van der Waals surface area (Å²) in [7, 11) is 0. The number of carbonyl (C=O) groups is 1. The Labute approximate surface area is 111 Å². The summed E-state index contributed by atoms with van der Waals surface area (Å²) in [6, 6.07) is 7.38. The average molecular weight is 263 g/mol. The standard InChI is InChI=1S/C14H15ClN2O/c1-10(2)7-17-8-12(9-18)14(16-17)11-4-3-5-13(15)6-11/h3-6,8-10H,7H2,1-2H3. The molecule has 0 atom stereocenters. The van der Waals surface area contributed by atoms with Crippen molar-refractivity contribution in [2.75, 3.05) is 0 Å². The lowest BCUT2D eigenvalue weighted by Gasteiger charge is -2.03. The molecule has 0 bridgehead atoms. The maximum absolute atomic E-state index is 11.1. The zero-order valence-corrected chi connectivity index (χ0v) is 11.2. The van der Waals surface area contributed by atoms with Gasteiger partial charge in [0, 0.05) is 23.3 Å². The Morgan fingerprint density at radius 1 is 1.44 bits per heavy atom. The number of benzene rings is 1. The van der Waals surface area contributed by atoms with Crippen molar-refractivity contribution in [1.82, 2.24) is 9.78 Å². The van der Waals surface area contributed by atoms with Gasteiger partial charge in [0.25, 0.3) is 0 Å². The van der Waals surface area contributed by atoms with Gasteiger partial charge in [-0.05, 0) is 18.1 Å². The van der Waals surface area contributed by atoms with Gasteiger partial charge in [-0.25, -0.2) is 0 Å². The second-order valence-electron chi connectivity index (χ2n) is 4.68. The van der Waals surface area contributed by atoms with E-state index in [1.54, 1.807) is 12.3 Å². The largest absolute Gasteiger partial charge is 0.298 e. The van der Waals surface area contributed by atoms with Crippen LogP contribution >= 0.6 is 11.6 Å². The van der Waals surface area contributed by atoms with Crippen LogP contribution in [0.15, 0.2) is 30.5 Å². The van der Waals surface area contributed by atoms with Gasteiger partial charge in [0.05, 0.1) is 5.56 Å². The highest BCUT2D eigenvalue weighted by Crippen LogP contribution is 2.24. The molecule has 0 aliphatic heterocycles. The molecule has 2 rings (SSSR count). The molecule has 18 heavy (non-hydrogen) atoms. The van der Waals surface area contributed by atoms with E-state index in [2.05, 4.69) is 18.9 Å². The van der Waals surface area contributed by atoms with Gasteiger partial charge in [-0.15, -0.1) is 0 Å². The highest BCUT2D eigenvalue weighted by atomic mass is 35.5. The van der Waals surface area contributed by atoms with E-state index >= 15 is 0 Å². The SMILES string of the molecule is CC(C)Cn1cc(C=O)c(-c2cccc(Cl)c2)n1. The van der Waals surface area contributed by atoms with Crippen molar-refractivity contribution in [3.05, 3.63) is 41.0 Å². The minimum Gasteiger partial charge on any atom is -0.298 e. The fourth-order valence-electron chi connectivity index (χ4n) is 1.85. The summed E-state index contributed by atoms with van der Waals surface area (Å²) in [6.45, 7) is 5.02. The third-order valence-corrected chi connectivity index (χ3v) is 2.80. The van der Waals surface area contributed by atoms with Crippen LogP contribution in [0.4, 0.5) is 0 Å². The predicted molar refractivity (Wildman–Crippen MR) is 72.9 cm³/mol. The minimum atomic E-state index is 0.483. The second kappa shape index (κ2) is 5.36. The lowest BCUT2D eigenvalue weighted by molar-refractivity contribution is 0.112. The summed E-state index contributed by atoms with van der Waals surface area (Å²) in [5.41, 5.74) is 2.15. The van der Waals surface area contributed by atoms with Crippen LogP contribution in [0.25, 0.3) is 11.3 Å². The molecule has 2 aromatic rings. The Bertz CT molecular complexity index is 561. The third-order valence-electron chi connectivity index (χ3n) is 2.57. The van der Waals surface area contributed by atoms with E-state index < -0.39 is 0 Å². The molecular weight excluding hydrogens is 248 g/mol. The second-order valence-corrected chi connectivity index (χ2v) is 5.11. The van der Waals surface area contributed by atoms with Gasteiger partial charge >= 0.3 is 0 Å². The maximum atomic E-state index is 11.1. The summed E-state index contributed by atoms with van der Waals surface area (Å²) in [5, 5.41) is 5.10. The van der Waals surface area contributed by atoms with Gasteiger partial charge < -0.3 is 0 Å². The van der Waals surface area contributed by atoms with Crippen molar-refractivity contribution in [3.63, 3.8) is 0 Å². The molecule has 0 fully saturated rings. The summed E-state index contributed by atoms with van der Waals surface area (Å²) in [6.07, 6.45) is 2.61. The molecule has 3 nitrogen and oxygen atoms in total. The fraction of sp³-hybridized carbons (Fsp3) is 0.286. The summed E-state index contributed by atoms with van der Waals surface area (Å²) < 4.78 is 1.81. The summed E-state index contributed by atoms with van der Waals surface area (Å²) in [5.74, 6) is 0.483. The molecule has 1 aromatic carbocycles. The highest BCUT2D eigenvalue weighted by molar-refractivity contribution is 6.30. The van der Waals surface area contributed by atoms with Gasteiger partial charge in [0.2, 0.25) is 0 Å². The molecule has 0 saturated carbocycles. The van der Waals surface area contributed by atoms with Crippen molar-refractivity contribution >= 4 is 17.9 Å². The zero-order valence-electron chi connectivity index (χ0n) is 10.4. The monoisotopic (exact) mass is 262 g/mol. The topological polar surface area (TPSA) is 34.9 Å². The van der Waals surface area contributed by atoms with Crippen LogP contribution in [-0.4, -0.2) is 16.1 Å². The van der Waals surface area contributed by atoms with Crippen LogP contribution in [0.5, 0.6) is 0 Å². The van der Waals surface area contributed by atoms with E-state index in [-0.39, 0.29) is 0 Å². The number of carbonyl (C=O) groups excluding carboxylic acids is 1. The molecule has 4 heteroatoms. The molecule has 0 aliphatic rings. The lowest BCUT2D eigenvalue weighted by atomic mass is 10.1. The van der Waals surface area contributed by atoms with Crippen LogP contribution < -0.4 is 0 Å². The molecule has 0 saturated heterocycles. The molecule has 1 aromatic heterocycles. The first-order valence-corrected chi connectivity index (χ1v) is 6.26. The zero-order chi connectivity index (χ0) is 13.1. The predicted octanol–water partition coefficient (Wildman–Crippen LogP) is 3.67. The van der Waals surface area contributed by atoms with Gasteiger partial charge in [-0.2, -0.15) is 5.10 Å². The summed E-state index contributed by atoms with van der Waals surface area (Å²) in [4.78, 5) is 11.1. The van der Waals surface area contributed by atoms with Crippen LogP contribution in [0.2, 0.25) is 5.02 Å². The van der Waals surface area contributed by atoms with E-state index in [9.17, 15) is 4.79 Å². The van der Waals surface area contributed by atoms with Crippen LogP contribution in [0, 0.1) is 5.92 Å². The number of nitrogens with zero attached hydrogens (tertiary/aromatic N) is 2. The quantitative estimate of drug-likeness (QED) is 0.788. The number of hydrogen-bond acceptors (Lipinski definition) is 2. The van der Waals surface area contributed by atoms with E-state index in [4.69, 9.17) is 11.6 Å². The van der Waals surface area contributed by atoms with E-state index in [1.165, 1.54) is 0 Å². The van der Waals surface area contributed by atoms with Gasteiger partial charge in [0.15, 0.2) is 6.29 Å². The van der Waals surface area contributed by atoms with Crippen molar-refractivity contribution in [2.24, 2.45) is 5.92 Å². The number of aromatic nitrogens is 2. The van der Waals surface area contributed by atoms with Crippen molar-refractivity contribution in [1.29, 1.82) is 0 Å². The smallest absolute Gasteiger partial charge is 0.153 e. The Hall–Kier alpha value is -1.61. The first-order chi connectivity index (χ1) is 8.60. The first-order valence-electron chi connectivity index (χ1n) is 5.88. The Balaban J connectivity index is 2.43. The first kappa shape index (κ1) is 12.8. The number of aldehydes is 1. The molecule has 0 spiro atoms. The van der Waals surface area contributed by atoms with Crippen LogP contribution in [-0.2, 0) is 6.54 Å². The van der Waals surface area contributed by atoms with E-state index in [1.807, 2.05) is 22.9 Å². The van der Waals surface area contributed by atoms with Gasteiger partial charge in [-0.1, -0.05) is 37.6 Å². The third kappa shape index (κ3) is 2.79. The lowest BCUT2D eigenvalue weighted by Crippen LogP contribution is -2.04. The highest BCUT2D eigenvalue weighted by Gasteiger charge is 2.11. The number of hydrogen-bond donors (Lipinski definition) is 0. The van der Waals surface area contributed by atoms with Crippen LogP contribution in [0.1, 0.15) is 24.2 Å². The van der Waals surface area contributed by atoms with Crippen LogP contribution in [0.3, 0.4) is 0 Å². The minimum absolute atomic E-state index is 0.483. The maximum Gasteiger partial charge on any atom is 0.153 e. The molecule has 0 unspecified atom stereocenters. The number of rotatable bonds is 4. The molecule has 0 N–H and O–H groups in total. The Morgan fingerprint density at radius 2 is 2.22 bits per heavy atom.